The van der Waals surface area contributed by atoms with Crippen molar-refractivity contribution in [3.05, 3.63) is 52.0 Å². The van der Waals surface area contributed by atoms with Crippen LogP contribution >= 0.6 is 11.6 Å². The van der Waals surface area contributed by atoms with Crippen LogP contribution in [0.2, 0.25) is 5.02 Å². The molecule has 0 unspecified atom stereocenters. The third-order valence-corrected chi connectivity index (χ3v) is 7.71. The fraction of sp³-hybridized carbons (Fsp3) is 0.333. The van der Waals surface area contributed by atoms with Crippen molar-refractivity contribution in [1.82, 2.24) is 0 Å². The molecular formula is C24H21ClN2O5S. The molecule has 2 aliphatic rings. The number of aromatic carboxylic acids is 1. The maximum absolute atomic E-state index is 13.4. The number of sulfonamides is 1. The molecule has 0 saturated heterocycles. The number of nitrogens with one attached hydrogen (secondary N) is 1. The lowest BCUT2D eigenvalue weighted by molar-refractivity contribution is 0.0696. The van der Waals surface area contributed by atoms with Gasteiger partial charge < -0.3 is 9.84 Å². The summed E-state index contributed by atoms with van der Waals surface area (Å²) in [5, 5.41) is 18.9. The number of terminal acetylenes is 1. The van der Waals surface area contributed by atoms with Crippen molar-refractivity contribution in [3.63, 3.8) is 0 Å². The molecular weight excluding hydrogens is 464 g/mol. The summed E-state index contributed by atoms with van der Waals surface area (Å²) in [4.78, 5) is 11.4. The Morgan fingerprint density at radius 3 is 2.52 bits per heavy atom. The van der Waals surface area contributed by atoms with E-state index in [2.05, 4.69) is 10.6 Å². The monoisotopic (exact) mass is 484 g/mol. The highest BCUT2D eigenvalue weighted by molar-refractivity contribution is 7.92. The van der Waals surface area contributed by atoms with Gasteiger partial charge in [-0.05, 0) is 68.2 Å². The maximum Gasteiger partial charge on any atom is 0.335 e. The van der Waals surface area contributed by atoms with Gasteiger partial charge in [0.25, 0.3) is 10.0 Å². The highest BCUT2D eigenvalue weighted by Gasteiger charge is 2.36. The molecule has 4 rings (SSSR count). The zero-order chi connectivity index (χ0) is 23.8. The third-order valence-electron chi connectivity index (χ3n) is 5.98. The van der Waals surface area contributed by atoms with Crippen LogP contribution in [0.15, 0.2) is 35.2 Å². The molecule has 0 spiro atoms. The third kappa shape index (κ3) is 4.64. The largest absolute Gasteiger partial charge is 0.478 e. The zero-order valence-electron chi connectivity index (χ0n) is 17.6. The van der Waals surface area contributed by atoms with Crippen molar-refractivity contribution in [2.75, 3.05) is 4.72 Å². The van der Waals surface area contributed by atoms with Crippen LogP contribution in [0.4, 0.5) is 5.69 Å². The number of benzene rings is 2. The number of carbonyl (C=O) groups is 1. The standard InChI is InChI=1S/C24H21ClN2O5S/c1-2-24(9-3-4-10-24)32-21-13-19(25)17(14-26)11-20(21)27-33(30,31)22-12-16(23(28)29)7-8-18(22)15-5-6-15/h1,7-8,11-13,15,27H,3-6,9-10H2,(H,28,29). The fourth-order valence-corrected chi connectivity index (χ4v) is 5.65. The van der Waals surface area contributed by atoms with E-state index in [1.807, 2.05) is 6.07 Å². The molecule has 0 heterocycles. The fourth-order valence-electron chi connectivity index (χ4n) is 4.07. The molecule has 0 radical (unpaired) electrons. The summed E-state index contributed by atoms with van der Waals surface area (Å²) >= 11 is 6.20. The minimum atomic E-state index is -4.22. The first-order valence-corrected chi connectivity index (χ1v) is 12.3. The SMILES string of the molecule is C#CC1(Oc2cc(Cl)c(C#N)cc2NS(=O)(=O)c2cc(C(=O)O)ccc2C2CC2)CCCC1. The van der Waals surface area contributed by atoms with Crippen LogP contribution in [-0.2, 0) is 10.0 Å². The molecule has 7 nitrogen and oxygen atoms in total. The minimum Gasteiger partial charge on any atom is -0.478 e. The van der Waals surface area contributed by atoms with Gasteiger partial charge in [-0.25, -0.2) is 13.2 Å². The smallest absolute Gasteiger partial charge is 0.335 e. The molecule has 33 heavy (non-hydrogen) atoms. The topological polar surface area (TPSA) is 116 Å². The Labute approximate surface area is 197 Å². The van der Waals surface area contributed by atoms with Gasteiger partial charge in [-0.2, -0.15) is 5.26 Å². The molecule has 2 saturated carbocycles. The van der Waals surface area contributed by atoms with E-state index in [4.69, 9.17) is 22.8 Å². The summed E-state index contributed by atoms with van der Waals surface area (Å²) in [5.41, 5.74) is -0.396. The molecule has 0 aromatic heterocycles. The van der Waals surface area contributed by atoms with Crippen molar-refractivity contribution in [2.45, 2.75) is 54.9 Å². The normalized spacial score (nSPS) is 17.1. The predicted molar refractivity (Wildman–Crippen MR) is 123 cm³/mol. The number of halogens is 1. The number of carboxylic acid groups (broad SMARTS) is 1. The molecule has 2 aliphatic carbocycles. The first-order valence-electron chi connectivity index (χ1n) is 10.5. The van der Waals surface area contributed by atoms with E-state index in [1.165, 1.54) is 18.2 Å². The van der Waals surface area contributed by atoms with E-state index in [0.717, 1.165) is 31.7 Å². The quantitative estimate of drug-likeness (QED) is 0.539. The van der Waals surface area contributed by atoms with Crippen molar-refractivity contribution >= 4 is 33.3 Å². The van der Waals surface area contributed by atoms with Crippen molar-refractivity contribution in [1.29, 1.82) is 5.26 Å². The zero-order valence-corrected chi connectivity index (χ0v) is 19.2. The number of anilines is 1. The molecule has 170 valence electrons. The summed E-state index contributed by atoms with van der Waals surface area (Å²) in [6.07, 6.45) is 10.4. The Morgan fingerprint density at radius 1 is 1.24 bits per heavy atom. The number of nitrogens with zero attached hydrogens (tertiary/aromatic N) is 1. The number of ether oxygens (including phenoxy) is 1. The van der Waals surface area contributed by atoms with Gasteiger partial charge >= 0.3 is 5.97 Å². The van der Waals surface area contributed by atoms with Gasteiger partial charge in [-0.15, -0.1) is 6.42 Å². The lowest BCUT2D eigenvalue weighted by atomic mass is 10.0. The minimum absolute atomic E-state index is 0.0138. The Kier molecular flexibility index (Phi) is 6.00. The van der Waals surface area contributed by atoms with Crippen LogP contribution in [0.3, 0.4) is 0 Å². The van der Waals surface area contributed by atoms with Crippen LogP contribution in [0, 0.1) is 23.7 Å². The molecule has 2 fully saturated rings. The van der Waals surface area contributed by atoms with Gasteiger partial charge in [-0.1, -0.05) is 23.6 Å². The van der Waals surface area contributed by atoms with Gasteiger partial charge in [0, 0.05) is 6.07 Å². The van der Waals surface area contributed by atoms with Crippen LogP contribution in [0.5, 0.6) is 5.75 Å². The van der Waals surface area contributed by atoms with E-state index in [9.17, 15) is 23.6 Å². The van der Waals surface area contributed by atoms with Crippen LogP contribution in [0.25, 0.3) is 0 Å². The molecule has 0 aliphatic heterocycles. The highest BCUT2D eigenvalue weighted by Crippen LogP contribution is 2.44. The Bertz CT molecular complexity index is 1310. The lowest BCUT2D eigenvalue weighted by Crippen LogP contribution is -2.31. The van der Waals surface area contributed by atoms with Gasteiger partial charge in [-0.3, -0.25) is 4.72 Å². The number of hydrogen-bond acceptors (Lipinski definition) is 5. The second kappa shape index (κ2) is 8.62. The van der Waals surface area contributed by atoms with Gasteiger partial charge in [0.05, 0.1) is 26.7 Å². The molecule has 9 heteroatoms. The Hall–Kier alpha value is -3.20. The number of hydrogen-bond donors (Lipinski definition) is 2. The number of nitriles is 1. The van der Waals surface area contributed by atoms with E-state index < -0.39 is 21.6 Å². The highest BCUT2D eigenvalue weighted by atomic mass is 35.5. The average molecular weight is 485 g/mol. The number of carboxylic acids is 1. The van der Waals surface area contributed by atoms with Crippen molar-refractivity contribution in [2.24, 2.45) is 0 Å². The molecule has 0 amide bonds. The molecule has 2 aromatic carbocycles. The average Bonchev–Trinajstić information content (AvgIpc) is 3.53. The van der Waals surface area contributed by atoms with Crippen LogP contribution in [0.1, 0.15) is 65.9 Å². The van der Waals surface area contributed by atoms with Gasteiger partial charge in [0.15, 0.2) is 5.60 Å². The molecule has 2 aromatic rings. The van der Waals surface area contributed by atoms with E-state index in [1.54, 1.807) is 6.07 Å². The second-order valence-electron chi connectivity index (χ2n) is 8.33. The molecule has 0 atom stereocenters. The molecule has 0 bridgehead atoms. The first-order chi connectivity index (χ1) is 15.7. The Morgan fingerprint density at radius 2 is 1.94 bits per heavy atom. The van der Waals surface area contributed by atoms with Crippen LogP contribution in [-0.4, -0.2) is 25.1 Å². The van der Waals surface area contributed by atoms with Crippen molar-refractivity contribution in [3.8, 4) is 24.2 Å². The summed E-state index contributed by atoms with van der Waals surface area (Å²) < 4.78 is 35.5. The summed E-state index contributed by atoms with van der Waals surface area (Å²) in [7, 11) is -4.22. The van der Waals surface area contributed by atoms with E-state index >= 15 is 0 Å². The van der Waals surface area contributed by atoms with Crippen molar-refractivity contribution < 1.29 is 23.1 Å². The van der Waals surface area contributed by atoms with Gasteiger partial charge in [0.1, 0.15) is 11.8 Å². The van der Waals surface area contributed by atoms with E-state index in [0.29, 0.717) is 18.4 Å². The number of rotatable bonds is 7. The van der Waals surface area contributed by atoms with Crippen LogP contribution < -0.4 is 9.46 Å². The van der Waals surface area contributed by atoms with Gasteiger partial charge in [0.2, 0.25) is 0 Å². The lowest BCUT2D eigenvalue weighted by Gasteiger charge is -2.26. The summed E-state index contributed by atoms with van der Waals surface area (Å²) in [6, 6.07) is 8.70. The Balaban J connectivity index is 1.78. The predicted octanol–water partition coefficient (Wildman–Crippen LogP) is 4.91. The first kappa shape index (κ1) is 23.0. The van der Waals surface area contributed by atoms with E-state index in [-0.39, 0.29) is 38.4 Å². The molecule has 2 N–H and O–H groups in total. The second-order valence-corrected chi connectivity index (χ2v) is 10.4. The summed E-state index contributed by atoms with van der Waals surface area (Å²) in [6.45, 7) is 0. The maximum atomic E-state index is 13.4. The summed E-state index contributed by atoms with van der Waals surface area (Å²) in [5.74, 6) is 1.62.